The molecule has 2 N–H and O–H groups in total. The van der Waals surface area contributed by atoms with Gasteiger partial charge in [-0.1, -0.05) is 0 Å². The normalized spacial score (nSPS) is 16.0. The summed E-state index contributed by atoms with van der Waals surface area (Å²) in [6.07, 6.45) is 3.71. The largest absolute Gasteiger partial charge is 0.359 e. The molecule has 1 aromatic rings. The molecule has 1 saturated heterocycles. The van der Waals surface area contributed by atoms with Crippen molar-refractivity contribution in [1.82, 2.24) is 25.3 Å². The van der Waals surface area contributed by atoms with Gasteiger partial charge < -0.3 is 15.5 Å². The van der Waals surface area contributed by atoms with Crippen LogP contribution in [0.3, 0.4) is 0 Å². The molecule has 1 aromatic heterocycles. The Morgan fingerprint density at radius 1 is 1.35 bits per heavy atom. The molecule has 0 unspecified atom stereocenters. The SMILES string of the molecule is CCNC(=NCCCn1nc(C)cc1C)N1CCC(CC(=O)NC)CC1. The molecule has 2 rings (SSSR count). The summed E-state index contributed by atoms with van der Waals surface area (Å²) in [5.74, 6) is 1.63. The Kier molecular flexibility index (Phi) is 7.94. The van der Waals surface area contributed by atoms with E-state index in [1.54, 1.807) is 7.05 Å². The summed E-state index contributed by atoms with van der Waals surface area (Å²) in [4.78, 5) is 18.7. The van der Waals surface area contributed by atoms with Crippen molar-refractivity contribution in [2.24, 2.45) is 10.9 Å². The number of carbonyl (C=O) groups excluding carboxylic acids is 1. The van der Waals surface area contributed by atoms with Crippen LogP contribution in [0.2, 0.25) is 0 Å². The highest BCUT2D eigenvalue weighted by Crippen LogP contribution is 2.20. The number of piperidine rings is 1. The van der Waals surface area contributed by atoms with Gasteiger partial charge >= 0.3 is 0 Å². The quantitative estimate of drug-likeness (QED) is 0.440. The van der Waals surface area contributed by atoms with Crippen LogP contribution in [0.5, 0.6) is 0 Å². The van der Waals surface area contributed by atoms with Gasteiger partial charge in [-0.25, -0.2) is 0 Å². The first-order valence-electron chi connectivity index (χ1n) is 9.78. The third-order valence-electron chi connectivity index (χ3n) is 4.89. The van der Waals surface area contributed by atoms with Crippen LogP contribution in [0.1, 0.15) is 44.0 Å². The van der Waals surface area contributed by atoms with Gasteiger partial charge in [0.2, 0.25) is 5.91 Å². The minimum absolute atomic E-state index is 0.146. The van der Waals surface area contributed by atoms with Gasteiger partial charge in [-0.05, 0) is 52.0 Å². The van der Waals surface area contributed by atoms with Crippen LogP contribution in [0.25, 0.3) is 0 Å². The van der Waals surface area contributed by atoms with E-state index in [1.165, 1.54) is 5.69 Å². The fourth-order valence-corrected chi connectivity index (χ4v) is 3.45. The maximum atomic E-state index is 11.5. The van der Waals surface area contributed by atoms with Gasteiger partial charge in [0.1, 0.15) is 0 Å². The molecule has 1 amide bonds. The van der Waals surface area contributed by atoms with E-state index in [2.05, 4.69) is 45.2 Å². The van der Waals surface area contributed by atoms with Crippen molar-refractivity contribution in [1.29, 1.82) is 0 Å². The van der Waals surface area contributed by atoms with E-state index in [4.69, 9.17) is 4.99 Å². The van der Waals surface area contributed by atoms with Crippen LogP contribution in [0.15, 0.2) is 11.1 Å². The predicted octanol–water partition coefficient (Wildman–Crippen LogP) is 1.70. The second-order valence-electron chi connectivity index (χ2n) is 7.05. The molecular weight excluding hydrogens is 328 g/mol. The Morgan fingerprint density at radius 3 is 2.65 bits per heavy atom. The van der Waals surface area contributed by atoms with Gasteiger partial charge in [0, 0.05) is 51.9 Å². The Bertz CT molecular complexity index is 601. The lowest BCUT2D eigenvalue weighted by Crippen LogP contribution is -2.46. The second-order valence-corrected chi connectivity index (χ2v) is 7.05. The van der Waals surface area contributed by atoms with Crippen LogP contribution in [-0.4, -0.2) is 59.8 Å². The van der Waals surface area contributed by atoms with Crippen LogP contribution in [0, 0.1) is 19.8 Å². The van der Waals surface area contributed by atoms with E-state index in [1.807, 2.05) is 6.92 Å². The molecule has 1 aliphatic heterocycles. The summed E-state index contributed by atoms with van der Waals surface area (Å²) in [6.45, 7) is 10.7. The fraction of sp³-hybridized carbons (Fsp3) is 0.737. The molecule has 0 spiro atoms. The number of nitrogens with one attached hydrogen (secondary N) is 2. The fourth-order valence-electron chi connectivity index (χ4n) is 3.45. The predicted molar refractivity (Wildman–Crippen MR) is 105 cm³/mol. The van der Waals surface area contributed by atoms with Crippen molar-refractivity contribution in [2.75, 3.05) is 33.2 Å². The molecule has 0 aromatic carbocycles. The molecule has 146 valence electrons. The Balaban J connectivity index is 1.81. The zero-order valence-corrected chi connectivity index (χ0v) is 16.7. The lowest BCUT2D eigenvalue weighted by Gasteiger charge is -2.34. The first-order valence-corrected chi connectivity index (χ1v) is 9.78. The molecule has 0 saturated carbocycles. The van der Waals surface area contributed by atoms with E-state index in [9.17, 15) is 4.79 Å². The molecule has 0 atom stereocenters. The number of hydrogen-bond donors (Lipinski definition) is 2. The number of aliphatic imine (C=N–C) groups is 1. The third kappa shape index (κ3) is 6.04. The number of aryl methyl sites for hydroxylation is 3. The van der Waals surface area contributed by atoms with Crippen molar-refractivity contribution in [2.45, 2.75) is 53.0 Å². The van der Waals surface area contributed by atoms with Gasteiger partial charge in [0.15, 0.2) is 5.96 Å². The zero-order valence-electron chi connectivity index (χ0n) is 16.7. The first-order chi connectivity index (χ1) is 12.5. The summed E-state index contributed by atoms with van der Waals surface area (Å²) in [6, 6.07) is 2.11. The lowest BCUT2D eigenvalue weighted by molar-refractivity contribution is -0.121. The van der Waals surface area contributed by atoms with Crippen molar-refractivity contribution >= 4 is 11.9 Å². The first kappa shape index (κ1) is 20.3. The number of guanidine groups is 1. The number of likely N-dealkylation sites (tertiary alicyclic amines) is 1. The second kappa shape index (κ2) is 10.2. The number of carbonyl (C=O) groups is 1. The van der Waals surface area contributed by atoms with Crippen LogP contribution >= 0.6 is 0 Å². The third-order valence-corrected chi connectivity index (χ3v) is 4.89. The highest BCUT2D eigenvalue weighted by molar-refractivity contribution is 5.80. The summed E-state index contributed by atoms with van der Waals surface area (Å²) in [5.41, 5.74) is 2.27. The minimum Gasteiger partial charge on any atom is -0.359 e. The molecule has 0 aliphatic carbocycles. The minimum atomic E-state index is 0.146. The lowest BCUT2D eigenvalue weighted by atomic mass is 9.93. The topological polar surface area (TPSA) is 74.5 Å². The van der Waals surface area contributed by atoms with Crippen molar-refractivity contribution < 1.29 is 4.79 Å². The van der Waals surface area contributed by atoms with Gasteiger partial charge in [0.25, 0.3) is 0 Å². The van der Waals surface area contributed by atoms with Gasteiger partial charge in [0.05, 0.1) is 5.69 Å². The monoisotopic (exact) mass is 362 g/mol. The number of rotatable bonds is 7. The van der Waals surface area contributed by atoms with E-state index in [-0.39, 0.29) is 5.91 Å². The molecule has 7 heteroatoms. The number of hydrogen-bond acceptors (Lipinski definition) is 3. The molecule has 0 bridgehead atoms. The van der Waals surface area contributed by atoms with Gasteiger partial charge in [-0.3, -0.25) is 14.5 Å². The highest BCUT2D eigenvalue weighted by Gasteiger charge is 2.22. The van der Waals surface area contributed by atoms with Crippen LogP contribution in [0.4, 0.5) is 0 Å². The molecule has 1 fully saturated rings. The standard InChI is InChI=1S/C19H34N6O/c1-5-21-19(22-9-6-10-25-16(3)13-15(2)23-25)24-11-7-17(8-12-24)14-18(26)20-4/h13,17H,5-12,14H2,1-4H3,(H,20,26)(H,21,22). The van der Waals surface area contributed by atoms with E-state index in [0.717, 1.165) is 63.6 Å². The van der Waals surface area contributed by atoms with Crippen molar-refractivity contribution in [3.63, 3.8) is 0 Å². The van der Waals surface area contributed by atoms with E-state index >= 15 is 0 Å². The summed E-state index contributed by atoms with van der Waals surface area (Å²) >= 11 is 0. The molecule has 2 heterocycles. The van der Waals surface area contributed by atoms with Gasteiger partial charge in [-0.2, -0.15) is 5.10 Å². The maximum Gasteiger partial charge on any atom is 0.220 e. The molecular formula is C19H34N6O. The smallest absolute Gasteiger partial charge is 0.220 e. The summed E-state index contributed by atoms with van der Waals surface area (Å²) in [5, 5.41) is 10.6. The number of nitrogens with zero attached hydrogens (tertiary/aromatic N) is 4. The van der Waals surface area contributed by atoms with Crippen molar-refractivity contribution in [3.05, 3.63) is 17.5 Å². The van der Waals surface area contributed by atoms with E-state index in [0.29, 0.717) is 12.3 Å². The average molecular weight is 363 g/mol. The van der Waals surface area contributed by atoms with Crippen LogP contribution in [-0.2, 0) is 11.3 Å². The maximum absolute atomic E-state index is 11.5. The molecule has 1 aliphatic rings. The van der Waals surface area contributed by atoms with Crippen LogP contribution < -0.4 is 10.6 Å². The number of aromatic nitrogens is 2. The Morgan fingerprint density at radius 2 is 2.08 bits per heavy atom. The molecule has 26 heavy (non-hydrogen) atoms. The number of amides is 1. The van der Waals surface area contributed by atoms with Crippen molar-refractivity contribution in [3.8, 4) is 0 Å². The zero-order chi connectivity index (χ0) is 18.9. The Labute approximate surface area is 157 Å². The summed E-state index contributed by atoms with van der Waals surface area (Å²) in [7, 11) is 1.71. The summed E-state index contributed by atoms with van der Waals surface area (Å²) < 4.78 is 2.06. The molecule has 7 nitrogen and oxygen atoms in total. The average Bonchev–Trinajstić information content (AvgIpc) is 2.95. The Hall–Kier alpha value is -2.05. The van der Waals surface area contributed by atoms with Gasteiger partial charge in [-0.15, -0.1) is 0 Å². The highest BCUT2D eigenvalue weighted by atomic mass is 16.1. The van der Waals surface area contributed by atoms with E-state index < -0.39 is 0 Å². The molecule has 0 radical (unpaired) electrons.